The number of ether oxygens (including phenoxy) is 1. The van der Waals surface area contributed by atoms with Gasteiger partial charge in [-0.1, -0.05) is 18.1 Å². The normalized spacial score (nSPS) is 31.2. The molecule has 1 aliphatic heterocycles. The van der Waals surface area contributed by atoms with Crippen molar-refractivity contribution in [2.45, 2.75) is 76.7 Å². The second-order valence-corrected chi connectivity index (χ2v) is 7.58. The number of hydrogen-bond acceptors (Lipinski definition) is 5. The fourth-order valence-corrected chi connectivity index (χ4v) is 3.68. The monoisotopic (exact) mass is 336 g/mol. The van der Waals surface area contributed by atoms with Gasteiger partial charge >= 0.3 is 0 Å². The maximum Gasteiger partial charge on any atom is 0.226 e. The second-order valence-electron chi connectivity index (χ2n) is 7.58. The third kappa shape index (κ3) is 3.62. The van der Waals surface area contributed by atoms with E-state index < -0.39 is 5.60 Å². The van der Waals surface area contributed by atoms with Crippen LogP contribution in [0.15, 0.2) is 6.20 Å². The average Bonchev–Trinajstić information content (AvgIpc) is 3.16. The van der Waals surface area contributed by atoms with E-state index in [-0.39, 0.29) is 30.0 Å². The van der Waals surface area contributed by atoms with Crippen molar-refractivity contribution in [1.82, 2.24) is 20.3 Å². The van der Waals surface area contributed by atoms with Gasteiger partial charge in [0.1, 0.15) is 11.3 Å². The average molecular weight is 336 g/mol. The van der Waals surface area contributed by atoms with E-state index in [1.165, 1.54) is 0 Å². The summed E-state index contributed by atoms with van der Waals surface area (Å²) in [6.07, 6.45) is 6.68. The highest BCUT2D eigenvalue weighted by Crippen LogP contribution is 2.30. The summed E-state index contributed by atoms with van der Waals surface area (Å²) in [5.41, 5.74) is -0.460. The third-order valence-electron chi connectivity index (χ3n) is 5.25. The fourth-order valence-electron chi connectivity index (χ4n) is 3.68. The van der Waals surface area contributed by atoms with Crippen molar-refractivity contribution in [3.8, 4) is 0 Å². The first-order valence-electron chi connectivity index (χ1n) is 8.93. The van der Waals surface area contributed by atoms with E-state index in [2.05, 4.69) is 15.6 Å². The molecule has 1 aliphatic carbocycles. The predicted octanol–water partition coefficient (Wildman–Crippen LogP) is 1.53. The Bertz CT molecular complexity index is 581. The highest BCUT2D eigenvalue weighted by molar-refractivity contribution is 5.79. The van der Waals surface area contributed by atoms with Crippen LogP contribution in [0.2, 0.25) is 0 Å². The number of rotatable bonds is 4. The molecule has 7 nitrogen and oxygen atoms in total. The number of carbonyl (C=O) groups is 1. The Morgan fingerprint density at radius 1 is 1.38 bits per heavy atom. The third-order valence-corrected chi connectivity index (χ3v) is 5.25. The Kier molecular flexibility index (Phi) is 4.92. The molecule has 2 heterocycles. The van der Waals surface area contributed by atoms with Crippen LogP contribution in [0.5, 0.6) is 0 Å². The van der Waals surface area contributed by atoms with Gasteiger partial charge < -0.3 is 15.2 Å². The van der Waals surface area contributed by atoms with Crippen molar-refractivity contribution < 1.29 is 14.6 Å². The van der Waals surface area contributed by atoms with Gasteiger partial charge in [0.15, 0.2) is 0 Å². The zero-order chi connectivity index (χ0) is 17.3. The molecule has 1 saturated heterocycles. The summed E-state index contributed by atoms with van der Waals surface area (Å²) in [5.74, 6) is 0.0231. The first-order valence-corrected chi connectivity index (χ1v) is 8.93. The zero-order valence-corrected chi connectivity index (χ0v) is 14.7. The van der Waals surface area contributed by atoms with Crippen molar-refractivity contribution in [1.29, 1.82) is 0 Å². The van der Waals surface area contributed by atoms with Gasteiger partial charge in [0, 0.05) is 6.61 Å². The molecular formula is C17H28N4O3. The maximum absolute atomic E-state index is 12.6. The highest BCUT2D eigenvalue weighted by atomic mass is 16.5. The van der Waals surface area contributed by atoms with Crippen LogP contribution in [0, 0.1) is 5.92 Å². The topological polar surface area (TPSA) is 89.3 Å². The molecule has 0 unspecified atom stereocenters. The molecule has 0 radical (unpaired) electrons. The first-order chi connectivity index (χ1) is 11.4. The lowest BCUT2D eigenvalue weighted by Crippen LogP contribution is -2.46. The summed E-state index contributed by atoms with van der Waals surface area (Å²) < 4.78 is 7.32. The highest BCUT2D eigenvalue weighted by Gasteiger charge is 2.35. The van der Waals surface area contributed by atoms with E-state index in [0.29, 0.717) is 12.3 Å². The van der Waals surface area contributed by atoms with Gasteiger partial charge in [-0.25, -0.2) is 4.68 Å². The summed E-state index contributed by atoms with van der Waals surface area (Å²) in [6.45, 7) is 6.01. The van der Waals surface area contributed by atoms with Crippen LogP contribution in [0.3, 0.4) is 0 Å². The Morgan fingerprint density at radius 3 is 2.75 bits per heavy atom. The number of nitrogens with zero attached hydrogens (tertiary/aromatic N) is 3. The molecule has 3 rings (SSSR count). The van der Waals surface area contributed by atoms with Gasteiger partial charge in [-0.15, -0.1) is 5.10 Å². The first kappa shape index (κ1) is 17.4. The molecule has 0 spiro atoms. The van der Waals surface area contributed by atoms with Crippen LogP contribution in [-0.2, 0) is 15.1 Å². The van der Waals surface area contributed by atoms with Crippen LogP contribution in [0.1, 0.15) is 64.6 Å². The van der Waals surface area contributed by atoms with E-state index in [1.807, 2.05) is 11.6 Å². The van der Waals surface area contributed by atoms with Crippen molar-refractivity contribution in [3.63, 3.8) is 0 Å². The van der Waals surface area contributed by atoms with Gasteiger partial charge in [-0.2, -0.15) is 0 Å². The van der Waals surface area contributed by atoms with E-state index in [4.69, 9.17) is 4.74 Å². The van der Waals surface area contributed by atoms with Gasteiger partial charge in [0.05, 0.1) is 30.3 Å². The van der Waals surface area contributed by atoms with Gasteiger partial charge in [-0.05, 0) is 40.0 Å². The van der Waals surface area contributed by atoms with Crippen LogP contribution in [0.4, 0.5) is 0 Å². The molecule has 1 aromatic rings. The quantitative estimate of drug-likeness (QED) is 0.870. The van der Waals surface area contributed by atoms with Crippen molar-refractivity contribution in [3.05, 3.63) is 11.9 Å². The second kappa shape index (κ2) is 6.80. The maximum atomic E-state index is 12.6. The molecule has 24 heavy (non-hydrogen) atoms. The fraction of sp³-hybridized carbons (Fsp3) is 0.824. The van der Waals surface area contributed by atoms with E-state index in [1.54, 1.807) is 20.0 Å². The Balaban J connectivity index is 1.71. The number of hydrogen-bond donors (Lipinski definition) is 2. The van der Waals surface area contributed by atoms with E-state index >= 15 is 0 Å². The minimum Gasteiger partial charge on any atom is -0.384 e. The Morgan fingerprint density at radius 2 is 2.12 bits per heavy atom. The molecule has 1 amide bonds. The lowest BCUT2D eigenvalue weighted by atomic mass is 9.89. The molecule has 7 heteroatoms. The van der Waals surface area contributed by atoms with E-state index in [9.17, 15) is 9.90 Å². The predicted molar refractivity (Wildman–Crippen MR) is 88.2 cm³/mol. The molecular weight excluding hydrogens is 308 g/mol. The summed E-state index contributed by atoms with van der Waals surface area (Å²) in [4.78, 5) is 12.6. The van der Waals surface area contributed by atoms with Crippen LogP contribution in [-0.4, -0.2) is 44.8 Å². The summed E-state index contributed by atoms with van der Waals surface area (Å²) in [6, 6.07) is 0.138. The summed E-state index contributed by atoms with van der Waals surface area (Å²) in [5, 5.41) is 21.6. The molecule has 1 aromatic heterocycles. The lowest BCUT2D eigenvalue weighted by Gasteiger charge is -2.33. The van der Waals surface area contributed by atoms with Crippen LogP contribution < -0.4 is 5.32 Å². The molecule has 2 aliphatic rings. The van der Waals surface area contributed by atoms with Crippen molar-refractivity contribution in [2.24, 2.45) is 5.92 Å². The SMILES string of the molecule is C[C@H]1OCC[C@H]1C(=O)N[C@H]1CCCC[C@H]1n1cc(C(C)(C)O)nn1. The number of aromatic nitrogens is 3. The molecule has 2 fully saturated rings. The standard InChI is InChI=1S/C17H28N4O3/c1-11-12(8-9-24-11)16(22)18-13-6-4-5-7-14(13)21-10-15(19-20-21)17(2,3)23/h10-14,23H,4-9H2,1-3H3,(H,18,22)/t11-,12-,13+,14-/m1/s1. The summed E-state index contributed by atoms with van der Waals surface area (Å²) >= 11 is 0. The van der Waals surface area contributed by atoms with Crippen molar-refractivity contribution in [2.75, 3.05) is 6.61 Å². The molecule has 1 saturated carbocycles. The Hall–Kier alpha value is -1.47. The molecule has 0 bridgehead atoms. The zero-order valence-electron chi connectivity index (χ0n) is 14.7. The van der Waals surface area contributed by atoms with Gasteiger partial charge in [-0.3, -0.25) is 4.79 Å². The van der Waals surface area contributed by atoms with Crippen molar-refractivity contribution >= 4 is 5.91 Å². The minimum atomic E-state index is -1.01. The minimum absolute atomic E-state index is 0.0137. The molecule has 2 N–H and O–H groups in total. The number of aliphatic hydroxyl groups is 1. The number of carbonyl (C=O) groups excluding carboxylic acids is 1. The summed E-state index contributed by atoms with van der Waals surface area (Å²) in [7, 11) is 0. The van der Waals surface area contributed by atoms with Crippen LogP contribution in [0.25, 0.3) is 0 Å². The lowest BCUT2D eigenvalue weighted by molar-refractivity contribution is -0.127. The molecule has 134 valence electrons. The largest absolute Gasteiger partial charge is 0.384 e. The van der Waals surface area contributed by atoms with Gasteiger partial charge in [0.2, 0.25) is 5.91 Å². The number of amides is 1. The molecule has 4 atom stereocenters. The smallest absolute Gasteiger partial charge is 0.226 e. The van der Waals surface area contributed by atoms with E-state index in [0.717, 1.165) is 32.1 Å². The van der Waals surface area contributed by atoms with Gasteiger partial charge in [0.25, 0.3) is 0 Å². The molecule has 0 aromatic carbocycles. The number of nitrogens with one attached hydrogen (secondary N) is 1. The Labute approximate surface area is 142 Å². The van der Waals surface area contributed by atoms with Crippen LogP contribution >= 0.6 is 0 Å².